The number of halogens is 1. The zero-order chi connectivity index (χ0) is 14.5. The lowest BCUT2D eigenvalue weighted by Gasteiger charge is -2.07. The molecule has 2 aromatic carbocycles. The molecule has 0 bridgehead atoms. The van der Waals surface area contributed by atoms with Gasteiger partial charge in [-0.25, -0.2) is 4.39 Å². The summed E-state index contributed by atoms with van der Waals surface area (Å²) in [5.74, 6) is 0.615. The molecule has 2 nitrogen and oxygen atoms in total. The molecule has 0 heterocycles. The van der Waals surface area contributed by atoms with Crippen molar-refractivity contribution in [3.8, 4) is 5.75 Å². The van der Waals surface area contributed by atoms with Gasteiger partial charge in [-0.3, -0.25) is 0 Å². The quantitative estimate of drug-likeness (QED) is 0.838. The molecule has 0 aliphatic carbocycles. The second kappa shape index (κ2) is 6.77. The number of thioether (sulfide) groups is 1. The summed E-state index contributed by atoms with van der Waals surface area (Å²) < 4.78 is 18.4. The molecule has 2 rings (SSSR count). The van der Waals surface area contributed by atoms with Gasteiger partial charge in [0, 0.05) is 10.6 Å². The normalized spacial score (nSPS) is 12.2. The Bertz CT molecular complexity index is 567. The first kappa shape index (κ1) is 14.9. The van der Waals surface area contributed by atoms with Gasteiger partial charge in [0.1, 0.15) is 0 Å². The zero-order valence-electron chi connectivity index (χ0n) is 11.5. The van der Waals surface area contributed by atoms with Crippen molar-refractivity contribution < 1.29 is 14.2 Å². The highest BCUT2D eigenvalue weighted by Gasteiger charge is 2.05. The molecule has 20 heavy (non-hydrogen) atoms. The summed E-state index contributed by atoms with van der Waals surface area (Å²) in [5.41, 5.74) is 1.80. The molecule has 1 atom stereocenters. The zero-order valence-corrected chi connectivity index (χ0v) is 12.3. The summed E-state index contributed by atoms with van der Waals surface area (Å²) in [6.45, 7) is 1.74. The number of hydrogen-bond acceptors (Lipinski definition) is 3. The number of aliphatic hydroxyl groups is 1. The Morgan fingerprint density at radius 1 is 1.20 bits per heavy atom. The molecule has 0 saturated carbocycles. The molecular formula is C16H17FO2S. The molecule has 0 aromatic heterocycles. The summed E-state index contributed by atoms with van der Waals surface area (Å²) in [5, 5.41) is 9.44. The maximum absolute atomic E-state index is 13.6. The van der Waals surface area contributed by atoms with Crippen LogP contribution in [0.3, 0.4) is 0 Å². The van der Waals surface area contributed by atoms with E-state index in [1.165, 1.54) is 13.2 Å². The van der Waals surface area contributed by atoms with Crippen molar-refractivity contribution in [2.45, 2.75) is 23.7 Å². The summed E-state index contributed by atoms with van der Waals surface area (Å²) in [7, 11) is 1.45. The lowest BCUT2D eigenvalue weighted by atomic mass is 10.1. The van der Waals surface area contributed by atoms with Crippen LogP contribution < -0.4 is 4.74 Å². The molecule has 2 aromatic rings. The van der Waals surface area contributed by atoms with Gasteiger partial charge in [-0.05, 0) is 42.3 Å². The van der Waals surface area contributed by atoms with E-state index in [0.717, 1.165) is 16.0 Å². The van der Waals surface area contributed by atoms with Gasteiger partial charge in [-0.15, -0.1) is 11.8 Å². The summed E-state index contributed by atoms with van der Waals surface area (Å²) in [6, 6.07) is 12.7. The van der Waals surface area contributed by atoms with Crippen molar-refractivity contribution in [3.63, 3.8) is 0 Å². The average Bonchev–Trinajstić information content (AvgIpc) is 2.45. The van der Waals surface area contributed by atoms with Gasteiger partial charge >= 0.3 is 0 Å². The number of rotatable bonds is 5. The highest BCUT2D eigenvalue weighted by molar-refractivity contribution is 7.98. The first-order valence-electron chi connectivity index (χ1n) is 6.33. The van der Waals surface area contributed by atoms with Gasteiger partial charge in [0.15, 0.2) is 11.6 Å². The minimum atomic E-state index is -0.454. The van der Waals surface area contributed by atoms with E-state index >= 15 is 0 Å². The molecular weight excluding hydrogens is 275 g/mol. The molecule has 0 aliphatic rings. The SMILES string of the molecule is COc1ccc(CSc2ccc(C(C)O)cc2)cc1F. The molecule has 1 unspecified atom stereocenters. The van der Waals surface area contributed by atoms with Gasteiger partial charge in [-0.2, -0.15) is 0 Å². The fourth-order valence-corrected chi connectivity index (χ4v) is 2.65. The molecule has 106 valence electrons. The Kier molecular flexibility index (Phi) is 5.04. The van der Waals surface area contributed by atoms with Gasteiger partial charge in [0.05, 0.1) is 13.2 Å². The van der Waals surface area contributed by atoms with E-state index in [1.54, 1.807) is 24.8 Å². The van der Waals surface area contributed by atoms with Crippen LogP contribution in [0.1, 0.15) is 24.2 Å². The third kappa shape index (κ3) is 3.74. The van der Waals surface area contributed by atoms with E-state index in [-0.39, 0.29) is 11.6 Å². The standard InChI is InChI=1S/C16H17FO2S/c1-11(18)13-4-6-14(7-5-13)20-10-12-3-8-16(19-2)15(17)9-12/h3-9,11,18H,10H2,1-2H3. The second-order valence-electron chi connectivity index (χ2n) is 4.50. The van der Waals surface area contributed by atoms with E-state index in [1.807, 2.05) is 30.3 Å². The van der Waals surface area contributed by atoms with Crippen molar-refractivity contribution in [1.29, 1.82) is 0 Å². The van der Waals surface area contributed by atoms with Crippen LogP contribution in [0.2, 0.25) is 0 Å². The van der Waals surface area contributed by atoms with Crippen LogP contribution in [0.4, 0.5) is 4.39 Å². The van der Waals surface area contributed by atoms with Crippen molar-refractivity contribution in [1.82, 2.24) is 0 Å². The van der Waals surface area contributed by atoms with Gasteiger partial charge in [0.2, 0.25) is 0 Å². The highest BCUT2D eigenvalue weighted by atomic mass is 32.2. The fourth-order valence-electron chi connectivity index (χ4n) is 1.81. The molecule has 0 fully saturated rings. The third-order valence-corrected chi connectivity index (χ3v) is 4.07. The molecule has 0 radical (unpaired) electrons. The lowest BCUT2D eigenvalue weighted by Crippen LogP contribution is -1.91. The summed E-state index contributed by atoms with van der Waals surface area (Å²) in [4.78, 5) is 1.09. The van der Waals surface area contributed by atoms with E-state index < -0.39 is 6.10 Å². The summed E-state index contributed by atoms with van der Waals surface area (Å²) in [6.07, 6.45) is -0.454. The van der Waals surface area contributed by atoms with Gasteiger partial charge in [0.25, 0.3) is 0 Å². The Balaban J connectivity index is 1.99. The highest BCUT2D eigenvalue weighted by Crippen LogP contribution is 2.26. The molecule has 1 N–H and O–H groups in total. The largest absolute Gasteiger partial charge is 0.494 e. The molecule has 0 amide bonds. The van der Waals surface area contributed by atoms with Crippen LogP contribution in [-0.4, -0.2) is 12.2 Å². The summed E-state index contributed by atoms with van der Waals surface area (Å²) >= 11 is 1.63. The Morgan fingerprint density at radius 3 is 2.45 bits per heavy atom. The van der Waals surface area contributed by atoms with Crippen LogP contribution in [0, 0.1) is 5.82 Å². The fraction of sp³-hybridized carbons (Fsp3) is 0.250. The smallest absolute Gasteiger partial charge is 0.165 e. The minimum absolute atomic E-state index is 0.264. The van der Waals surface area contributed by atoms with Crippen LogP contribution in [0.25, 0.3) is 0 Å². The van der Waals surface area contributed by atoms with E-state index in [9.17, 15) is 9.50 Å². The van der Waals surface area contributed by atoms with Crippen LogP contribution in [-0.2, 0) is 5.75 Å². The Hall–Kier alpha value is -1.52. The van der Waals surface area contributed by atoms with Crippen molar-refractivity contribution in [2.75, 3.05) is 7.11 Å². The average molecular weight is 292 g/mol. The van der Waals surface area contributed by atoms with Crippen LogP contribution in [0.15, 0.2) is 47.4 Å². The van der Waals surface area contributed by atoms with E-state index in [4.69, 9.17) is 4.74 Å². The van der Waals surface area contributed by atoms with Crippen LogP contribution in [0.5, 0.6) is 5.75 Å². The second-order valence-corrected chi connectivity index (χ2v) is 5.55. The Labute approximate surface area is 122 Å². The first-order valence-corrected chi connectivity index (χ1v) is 7.32. The first-order chi connectivity index (χ1) is 9.60. The van der Waals surface area contributed by atoms with Crippen molar-refractivity contribution >= 4 is 11.8 Å². The lowest BCUT2D eigenvalue weighted by molar-refractivity contribution is 0.199. The maximum Gasteiger partial charge on any atom is 0.165 e. The molecule has 0 aliphatic heterocycles. The molecule has 4 heteroatoms. The van der Waals surface area contributed by atoms with Crippen molar-refractivity contribution in [3.05, 3.63) is 59.4 Å². The monoisotopic (exact) mass is 292 g/mol. The van der Waals surface area contributed by atoms with Crippen molar-refractivity contribution in [2.24, 2.45) is 0 Å². The Morgan fingerprint density at radius 2 is 1.90 bits per heavy atom. The third-order valence-electron chi connectivity index (χ3n) is 2.98. The van der Waals surface area contributed by atoms with E-state index in [0.29, 0.717) is 5.75 Å². The minimum Gasteiger partial charge on any atom is -0.494 e. The number of ether oxygens (including phenoxy) is 1. The maximum atomic E-state index is 13.6. The van der Waals surface area contributed by atoms with E-state index in [2.05, 4.69) is 0 Å². The van der Waals surface area contributed by atoms with Gasteiger partial charge < -0.3 is 9.84 Å². The predicted octanol–water partition coefficient (Wildman–Crippen LogP) is 4.18. The van der Waals surface area contributed by atoms with Crippen LogP contribution >= 0.6 is 11.8 Å². The topological polar surface area (TPSA) is 29.5 Å². The number of methoxy groups -OCH3 is 1. The number of aliphatic hydroxyl groups excluding tert-OH is 1. The molecule has 0 saturated heterocycles. The number of hydrogen-bond donors (Lipinski definition) is 1. The van der Waals surface area contributed by atoms with Gasteiger partial charge in [-0.1, -0.05) is 18.2 Å². The molecule has 0 spiro atoms. The predicted molar refractivity (Wildman–Crippen MR) is 79.6 cm³/mol. The number of benzene rings is 2.